The maximum Gasteiger partial charge on any atom is 0.0611 e. The van der Waals surface area contributed by atoms with E-state index in [1.807, 2.05) is 0 Å². The predicted octanol–water partition coefficient (Wildman–Crippen LogP) is 3.17. The summed E-state index contributed by atoms with van der Waals surface area (Å²) in [6.07, 6.45) is 9.24. The lowest BCUT2D eigenvalue weighted by atomic mass is 9.91. The number of hydrogen-bond donors (Lipinski definition) is 2. The van der Waals surface area contributed by atoms with Crippen molar-refractivity contribution >= 4 is 0 Å². The standard InChI is InChI=1S/C17H36N2O/c1-14(2)18-17(4,13-20)12-15(3)19(5)16-10-8-6-7-9-11-16/h14-16,18,20H,6-13H2,1-5H3. The smallest absolute Gasteiger partial charge is 0.0611 e. The van der Waals surface area contributed by atoms with Gasteiger partial charge in [-0.1, -0.05) is 39.5 Å². The zero-order valence-electron chi connectivity index (χ0n) is 14.3. The van der Waals surface area contributed by atoms with E-state index in [1.54, 1.807) is 0 Å². The van der Waals surface area contributed by atoms with E-state index in [0.717, 1.165) is 12.5 Å². The van der Waals surface area contributed by atoms with Gasteiger partial charge in [0.05, 0.1) is 6.61 Å². The fourth-order valence-corrected chi connectivity index (χ4v) is 3.69. The van der Waals surface area contributed by atoms with E-state index >= 15 is 0 Å². The van der Waals surface area contributed by atoms with Gasteiger partial charge in [-0.15, -0.1) is 0 Å². The maximum atomic E-state index is 9.74. The molecule has 0 aromatic rings. The van der Waals surface area contributed by atoms with E-state index < -0.39 is 0 Å². The van der Waals surface area contributed by atoms with E-state index in [-0.39, 0.29) is 12.1 Å². The molecule has 1 aliphatic rings. The average molecular weight is 284 g/mol. The zero-order chi connectivity index (χ0) is 15.2. The first-order chi connectivity index (χ1) is 9.38. The first kappa shape index (κ1) is 17.9. The second-order valence-corrected chi connectivity index (χ2v) is 7.38. The molecule has 0 radical (unpaired) electrons. The molecule has 2 N–H and O–H groups in total. The Morgan fingerprint density at radius 2 is 1.70 bits per heavy atom. The summed E-state index contributed by atoms with van der Waals surface area (Å²) >= 11 is 0. The van der Waals surface area contributed by atoms with Crippen LogP contribution in [0.25, 0.3) is 0 Å². The van der Waals surface area contributed by atoms with E-state index in [9.17, 15) is 5.11 Å². The molecule has 0 heterocycles. The number of aliphatic hydroxyl groups is 1. The topological polar surface area (TPSA) is 35.5 Å². The van der Waals surface area contributed by atoms with Crippen molar-refractivity contribution in [1.29, 1.82) is 0 Å². The number of nitrogens with one attached hydrogen (secondary N) is 1. The van der Waals surface area contributed by atoms with Crippen LogP contribution in [0.15, 0.2) is 0 Å². The molecule has 2 unspecified atom stereocenters. The van der Waals surface area contributed by atoms with Crippen molar-refractivity contribution in [2.45, 2.75) is 96.3 Å². The van der Waals surface area contributed by atoms with Crippen LogP contribution in [-0.2, 0) is 0 Å². The van der Waals surface area contributed by atoms with Gasteiger partial charge in [-0.05, 0) is 40.2 Å². The van der Waals surface area contributed by atoms with Crippen LogP contribution in [0.2, 0.25) is 0 Å². The Kier molecular flexibility index (Phi) is 7.49. The molecule has 0 aromatic heterocycles. The molecular formula is C17H36N2O. The van der Waals surface area contributed by atoms with E-state index in [0.29, 0.717) is 12.1 Å². The highest BCUT2D eigenvalue weighted by atomic mass is 16.3. The highest BCUT2D eigenvalue weighted by Crippen LogP contribution is 2.25. The summed E-state index contributed by atoms with van der Waals surface area (Å²) in [6, 6.07) is 1.64. The largest absolute Gasteiger partial charge is 0.394 e. The molecule has 0 bridgehead atoms. The SMILES string of the molecule is CC(C)NC(C)(CO)CC(C)N(C)C1CCCCCC1. The minimum atomic E-state index is -0.174. The van der Waals surface area contributed by atoms with E-state index in [4.69, 9.17) is 0 Å². The maximum absolute atomic E-state index is 9.74. The summed E-state index contributed by atoms with van der Waals surface area (Å²) in [6.45, 7) is 8.94. The Hall–Kier alpha value is -0.120. The van der Waals surface area contributed by atoms with Gasteiger partial charge in [-0.2, -0.15) is 0 Å². The van der Waals surface area contributed by atoms with Crippen molar-refractivity contribution in [2.24, 2.45) is 0 Å². The van der Waals surface area contributed by atoms with Gasteiger partial charge in [-0.3, -0.25) is 0 Å². The third-order valence-electron chi connectivity index (χ3n) is 4.83. The molecule has 2 atom stereocenters. The molecule has 0 amide bonds. The highest BCUT2D eigenvalue weighted by Gasteiger charge is 2.30. The molecule has 1 saturated carbocycles. The van der Waals surface area contributed by atoms with E-state index in [1.165, 1.54) is 38.5 Å². The van der Waals surface area contributed by atoms with Crippen molar-refractivity contribution in [3.05, 3.63) is 0 Å². The summed E-state index contributed by atoms with van der Waals surface area (Å²) in [5, 5.41) is 13.3. The quantitative estimate of drug-likeness (QED) is 0.705. The van der Waals surface area contributed by atoms with Crippen molar-refractivity contribution in [2.75, 3.05) is 13.7 Å². The number of nitrogens with zero attached hydrogens (tertiary/aromatic N) is 1. The van der Waals surface area contributed by atoms with Gasteiger partial charge in [0.15, 0.2) is 0 Å². The lowest BCUT2D eigenvalue weighted by Crippen LogP contribution is -2.53. The van der Waals surface area contributed by atoms with Gasteiger partial charge in [0, 0.05) is 23.7 Å². The van der Waals surface area contributed by atoms with Gasteiger partial charge in [0.2, 0.25) is 0 Å². The molecule has 1 fully saturated rings. The van der Waals surface area contributed by atoms with Gasteiger partial charge < -0.3 is 15.3 Å². The summed E-state index contributed by atoms with van der Waals surface area (Å²) < 4.78 is 0. The summed E-state index contributed by atoms with van der Waals surface area (Å²) in [5.74, 6) is 0. The summed E-state index contributed by atoms with van der Waals surface area (Å²) in [7, 11) is 2.27. The minimum absolute atomic E-state index is 0.174. The van der Waals surface area contributed by atoms with Crippen LogP contribution >= 0.6 is 0 Å². The van der Waals surface area contributed by atoms with Crippen LogP contribution in [0, 0.1) is 0 Å². The predicted molar refractivity (Wildman–Crippen MR) is 87.1 cm³/mol. The fourth-order valence-electron chi connectivity index (χ4n) is 3.69. The van der Waals surface area contributed by atoms with Gasteiger partial charge in [0.25, 0.3) is 0 Å². The van der Waals surface area contributed by atoms with Gasteiger partial charge in [-0.25, -0.2) is 0 Å². The number of rotatable bonds is 7. The molecular weight excluding hydrogens is 248 g/mol. The highest BCUT2D eigenvalue weighted by molar-refractivity contribution is 4.89. The lowest BCUT2D eigenvalue weighted by Gasteiger charge is -2.39. The van der Waals surface area contributed by atoms with Crippen molar-refractivity contribution in [3.8, 4) is 0 Å². The average Bonchev–Trinajstić information content (AvgIpc) is 2.65. The number of hydrogen-bond acceptors (Lipinski definition) is 3. The second-order valence-electron chi connectivity index (χ2n) is 7.38. The van der Waals surface area contributed by atoms with Crippen molar-refractivity contribution in [3.63, 3.8) is 0 Å². The van der Waals surface area contributed by atoms with E-state index in [2.05, 4.69) is 45.0 Å². The third-order valence-corrected chi connectivity index (χ3v) is 4.83. The molecule has 0 spiro atoms. The molecule has 1 aliphatic carbocycles. The Morgan fingerprint density at radius 3 is 2.15 bits per heavy atom. The van der Waals surface area contributed by atoms with Gasteiger partial charge in [0.1, 0.15) is 0 Å². The first-order valence-corrected chi connectivity index (χ1v) is 8.48. The Balaban J connectivity index is 2.55. The van der Waals surface area contributed by atoms with Crippen molar-refractivity contribution in [1.82, 2.24) is 10.2 Å². The number of aliphatic hydroxyl groups excluding tert-OH is 1. The molecule has 1 rings (SSSR count). The van der Waals surface area contributed by atoms with Crippen LogP contribution in [0.1, 0.15) is 72.6 Å². The molecule has 120 valence electrons. The van der Waals surface area contributed by atoms with Gasteiger partial charge >= 0.3 is 0 Å². The van der Waals surface area contributed by atoms with Crippen LogP contribution in [-0.4, -0.2) is 47.3 Å². The third kappa shape index (κ3) is 5.71. The first-order valence-electron chi connectivity index (χ1n) is 8.48. The lowest BCUT2D eigenvalue weighted by molar-refractivity contribution is 0.0958. The molecule has 20 heavy (non-hydrogen) atoms. The monoisotopic (exact) mass is 284 g/mol. The van der Waals surface area contributed by atoms with Crippen LogP contribution in [0.4, 0.5) is 0 Å². The van der Waals surface area contributed by atoms with Crippen LogP contribution < -0.4 is 5.32 Å². The summed E-state index contributed by atoms with van der Waals surface area (Å²) in [4.78, 5) is 2.56. The molecule has 3 heteroatoms. The Labute approximate surface area is 126 Å². The second kappa shape index (κ2) is 8.35. The Morgan fingerprint density at radius 1 is 1.15 bits per heavy atom. The summed E-state index contributed by atoms with van der Waals surface area (Å²) in [5.41, 5.74) is -0.174. The molecule has 0 aromatic carbocycles. The van der Waals surface area contributed by atoms with Crippen LogP contribution in [0.3, 0.4) is 0 Å². The zero-order valence-corrected chi connectivity index (χ0v) is 14.3. The normalized spacial score (nSPS) is 22.8. The molecule has 3 nitrogen and oxygen atoms in total. The fraction of sp³-hybridized carbons (Fsp3) is 1.00. The van der Waals surface area contributed by atoms with Crippen molar-refractivity contribution < 1.29 is 5.11 Å². The Bertz CT molecular complexity index is 262. The molecule has 0 saturated heterocycles. The minimum Gasteiger partial charge on any atom is -0.394 e. The molecule has 0 aliphatic heterocycles. The van der Waals surface area contributed by atoms with Crippen LogP contribution in [0.5, 0.6) is 0 Å².